The third kappa shape index (κ3) is 5.99. The van der Waals surface area contributed by atoms with Crippen LogP contribution in [0.1, 0.15) is 56.9 Å². The number of aliphatic hydroxyl groups is 1. The highest BCUT2D eigenvalue weighted by atomic mass is 79.9. The lowest BCUT2D eigenvalue weighted by atomic mass is 9.64. The number of hydrogen-bond donors (Lipinski definition) is 3. The zero-order chi connectivity index (χ0) is 30.3. The van der Waals surface area contributed by atoms with E-state index in [1.54, 1.807) is 0 Å². The van der Waals surface area contributed by atoms with Crippen LogP contribution in [0.5, 0.6) is 0 Å². The molecule has 0 bridgehead atoms. The van der Waals surface area contributed by atoms with Crippen molar-refractivity contribution < 1.29 is 37.5 Å². The summed E-state index contributed by atoms with van der Waals surface area (Å²) in [7, 11) is 0. The number of halogens is 4. The fourth-order valence-electron chi connectivity index (χ4n) is 5.69. The first-order valence-corrected chi connectivity index (χ1v) is 13.8. The van der Waals surface area contributed by atoms with Gasteiger partial charge in [0.15, 0.2) is 17.4 Å². The second-order valence-electron chi connectivity index (χ2n) is 11.3. The molecule has 2 aromatic carbocycles. The molecular formula is C29H31BrF3N3O5. The molecule has 3 N–H and O–H groups in total. The van der Waals surface area contributed by atoms with E-state index in [1.165, 1.54) is 36.1 Å². The number of benzene rings is 2. The van der Waals surface area contributed by atoms with E-state index in [2.05, 4.69) is 26.4 Å². The van der Waals surface area contributed by atoms with Crippen LogP contribution in [-0.2, 0) is 16.8 Å². The summed E-state index contributed by atoms with van der Waals surface area (Å²) in [5.74, 6) is -3.86. The molecule has 0 aliphatic carbocycles. The predicted molar refractivity (Wildman–Crippen MR) is 148 cm³/mol. The van der Waals surface area contributed by atoms with Crippen LogP contribution >= 0.6 is 15.9 Å². The lowest BCUT2D eigenvalue weighted by Crippen LogP contribution is -2.60. The number of carboxylic acid groups (broad SMARTS) is 1. The lowest BCUT2D eigenvalue weighted by Gasteiger charge is -2.53. The standard InChI is InChI=1S/C29H31BrF3N3O5/c1-15(37)34-11-9-16-13-18(31)6-7-19(16)25-23(30)24(35-41-25)22-26(28(2,3)4)36(27(38)39)12-10-29(22,40)17-5-8-20(32)21(33)14-17/h5-8,13-14,22,26,40H,9-12H2,1-4H3,(H,34,37)(H,38,39)/t22-,26?,29-/m0/s1. The molecule has 1 fully saturated rings. The van der Waals surface area contributed by atoms with Crippen molar-refractivity contribution in [2.24, 2.45) is 5.41 Å². The highest BCUT2D eigenvalue weighted by Gasteiger charge is 2.56. The molecule has 1 aliphatic rings. The summed E-state index contributed by atoms with van der Waals surface area (Å²) in [5, 5.41) is 29.3. The Morgan fingerprint density at radius 1 is 1.17 bits per heavy atom. The van der Waals surface area contributed by atoms with Crippen molar-refractivity contribution in [3.05, 3.63) is 75.1 Å². The number of amides is 2. The summed E-state index contributed by atoms with van der Waals surface area (Å²) in [4.78, 5) is 25.0. The Kier molecular flexibility index (Phi) is 8.56. The van der Waals surface area contributed by atoms with Gasteiger partial charge in [0.2, 0.25) is 5.91 Å². The van der Waals surface area contributed by atoms with Gasteiger partial charge in [-0.25, -0.2) is 18.0 Å². The molecule has 2 heterocycles. The van der Waals surface area contributed by atoms with E-state index in [0.29, 0.717) is 11.1 Å². The van der Waals surface area contributed by atoms with Crippen molar-refractivity contribution >= 4 is 27.9 Å². The number of hydrogen-bond acceptors (Lipinski definition) is 5. The molecule has 1 aromatic heterocycles. The second-order valence-corrected chi connectivity index (χ2v) is 12.1. The smallest absolute Gasteiger partial charge is 0.407 e. The van der Waals surface area contributed by atoms with E-state index < -0.39 is 46.5 Å². The van der Waals surface area contributed by atoms with Gasteiger partial charge < -0.3 is 25.0 Å². The summed E-state index contributed by atoms with van der Waals surface area (Å²) in [6, 6.07) is 6.28. The first-order valence-electron chi connectivity index (χ1n) is 13.0. The number of carbonyl (C=O) groups is 2. The maximum atomic E-state index is 14.4. The van der Waals surface area contributed by atoms with E-state index in [-0.39, 0.29) is 53.3 Å². The largest absolute Gasteiger partial charge is 0.465 e. The molecule has 4 rings (SSSR count). The van der Waals surface area contributed by atoms with E-state index >= 15 is 0 Å². The molecule has 1 saturated heterocycles. The summed E-state index contributed by atoms with van der Waals surface area (Å²) in [6.45, 7) is 6.97. The molecule has 12 heteroatoms. The maximum Gasteiger partial charge on any atom is 0.407 e. The third-order valence-corrected chi connectivity index (χ3v) is 8.25. The molecule has 0 radical (unpaired) electrons. The average Bonchev–Trinajstić information content (AvgIpc) is 3.25. The molecule has 1 unspecified atom stereocenters. The van der Waals surface area contributed by atoms with Crippen LogP contribution in [0.15, 0.2) is 45.4 Å². The Hall–Kier alpha value is -3.38. The molecule has 41 heavy (non-hydrogen) atoms. The van der Waals surface area contributed by atoms with E-state index in [0.717, 1.165) is 12.1 Å². The number of nitrogens with one attached hydrogen (secondary N) is 1. The Balaban J connectivity index is 1.91. The van der Waals surface area contributed by atoms with Crippen LogP contribution in [0.2, 0.25) is 0 Å². The molecule has 2 amide bonds. The molecule has 1 aliphatic heterocycles. The summed E-state index contributed by atoms with van der Waals surface area (Å²) < 4.78 is 48.5. The second kappa shape index (κ2) is 11.5. The predicted octanol–water partition coefficient (Wildman–Crippen LogP) is 5.97. The van der Waals surface area contributed by atoms with Gasteiger partial charge >= 0.3 is 6.09 Å². The maximum absolute atomic E-state index is 14.4. The molecular weight excluding hydrogens is 607 g/mol. The summed E-state index contributed by atoms with van der Waals surface area (Å²) in [6.07, 6.45) is -1.07. The number of rotatable bonds is 6. The van der Waals surface area contributed by atoms with Crippen LogP contribution in [0, 0.1) is 22.9 Å². The minimum absolute atomic E-state index is 0.0647. The van der Waals surface area contributed by atoms with E-state index in [1.807, 2.05) is 20.8 Å². The van der Waals surface area contributed by atoms with Gasteiger partial charge in [-0.2, -0.15) is 0 Å². The summed E-state index contributed by atoms with van der Waals surface area (Å²) in [5.41, 5.74) is -1.41. The number of piperidine rings is 1. The van der Waals surface area contributed by atoms with Crippen LogP contribution in [0.3, 0.4) is 0 Å². The molecule has 0 saturated carbocycles. The fourth-order valence-corrected chi connectivity index (χ4v) is 6.29. The van der Waals surface area contributed by atoms with E-state index in [9.17, 15) is 33.0 Å². The molecule has 8 nitrogen and oxygen atoms in total. The van der Waals surface area contributed by atoms with Crippen molar-refractivity contribution in [3.8, 4) is 11.3 Å². The monoisotopic (exact) mass is 637 g/mol. The van der Waals surface area contributed by atoms with Crippen LogP contribution in [-0.4, -0.2) is 51.4 Å². The van der Waals surface area contributed by atoms with Gasteiger partial charge in [-0.05, 0) is 75.6 Å². The first kappa shape index (κ1) is 30.6. The van der Waals surface area contributed by atoms with Gasteiger partial charge in [-0.15, -0.1) is 0 Å². The Bertz CT molecular complexity index is 1470. The van der Waals surface area contributed by atoms with Crippen molar-refractivity contribution in [1.29, 1.82) is 0 Å². The number of likely N-dealkylation sites (tertiary alicyclic amines) is 1. The molecule has 3 atom stereocenters. The first-order chi connectivity index (χ1) is 19.1. The Morgan fingerprint density at radius 3 is 2.49 bits per heavy atom. The van der Waals surface area contributed by atoms with Crippen LogP contribution < -0.4 is 5.32 Å². The van der Waals surface area contributed by atoms with Crippen LogP contribution in [0.25, 0.3) is 11.3 Å². The van der Waals surface area contributed by atoms with Crippen molar-refractivity contribution in [3.63, 3.8) is 0 Å². The van der Waals surface area contributed by atoms with Gasteiger partial charge in [0.1, 0.15) is 17.1 Å². The Labute approximate surface area is 243 Å². The summed E-state index contributed by atoms with van der Waals surface area (Å²) >= 11 is 3.54. The van der Waals surface area contributed by atoms with E-state index in [4.69, 9.17) is 4.52 Å². The van der Waals surface area contributed by atoms with Crippen molar-refractivity contribution in [2.45, 2.75) is 58.1 Å². The number of carbonyl (C=O) groups excluding carboxylic acids is 1. The zero-order valence-electron chi connectivity index (χ0n) is 23.0. The van der Waals surface area contributed by atoms with Crippen LogP contribution in [0.4, 0.5) is 18.0 Å². The fraction of sp³-hybridized carbons (Fsp3) is 0.414. The number of aromatic nitrogens is 1. The SMILES string of the molecule is CC(=O)NCCc1cc(F)ccc1-c1onc([C@H]2C(C(C)(C)C)N(C(=O)O)CC[C@]2(O)c2ccc(F)c(F)c2)c1Br. The van der Waals surface area contributed by atoms with Gasteiger partial charge in [0, 0.05) is 25.6 Å². The third-order valence-electron chi connectivity index (χ3n) is 7.49. The van der Waals surface area contributed by atoms with Crippen molar-refractivity contribution in [1.82, 2.24) is 15.4 Å². The lowest BCUT2D eigenvalue weighted by molar-refractivity contribution is -0.118. The number of nitrogens with zero attached hydrogens (tertiary/aromatic N) is 2. The molecule has 0 spiro atoms. The average molecular weight is 638 g/mol. The highest BCUT2D eigenvalue weighted by Crippen LogP contribution is 2.53. The van der Waals surface area contributed by atoms with Gasteiger partial charge in [0.05, 0.1) is 16.4 Å². The minimum atomic E-state index is -1.87. The minimum Gasteiger partial charge on any atom is -0.465 e. The zero-order valence-corrected chi connectivity index (χ0v) is 24.6. The highest BCUT2D eigenvalue weighted by molar-refractivity contribution is 9.10. The van der Waals surface area contributed by atoms with Gasteiger partial charge in [0.25, 0.3) is 0 Å². The topological polar surface area (TPSA) is 116 Å². The van der Waals surface area contributed by atoms with Gasteiger partial charge in [-0.3, -0.25) is 4.79 Å². The molecule has 3 aromatic rings. The quantitative estimate of drug-likeness (QED) is 0.307. The molecule has 220 valence electrons. The normalized spacial score (nSPS) is 21.1. The van der Waals surface area contributed by atoms with Gasteiger partial charge in [-0.1, -0.05) is 32.0 Å². The van der Waals surface area contributed by atoms with Crippen molar-refractivity contribution in [2.75, 3.05) is 13.1 Å². The Morgan fingerprint density at radius 2 is 1.88 bits per heavy atom.